The molecule has 0 unspecified atom stereocenters. The van der Waals surface area contributed by atoms with Crippen LogP contribution in [0.15, 0.2) is 18.5 Å². The third kappa shape index (κ3) is 2.37. The number of ketones is 1. The normalized spacial score (nSPS) is 10.6. The van der Waals surface area contributed by atoms with Gasteiger partial charge in [0.05, 0.1) is 0 Å². The van der Waals surface area contributed by atoms with E-state index in [4.69, 9.17) is 9.47 Å². The third-order valence-electron chi connectivity index (χ3n) is 1.80. The first-order valence-corrected chi connectivity index (χ1v) is 4.20. The lowest BCUT2D eigenvalue weighted by Gasteiger charge is -2.11. The van der Waals surface area contributed by atoms with Gasteiger partial charge in [0.1, 0.15) is 0 Å². The second-order valence-electron chi connectivity index (χ2n) is 2.92. The molecule has 1 aromatic heterocycles. The fraction of sp³-hybridized carbons (Fsp3) is 0.400. The van der Waals surface area contributed by atoms with E-state index in [-0.39, 0.29) is 5.78 Å². The Kier molecular flexibility index (Phi) is 3.73. The van der Waals surface area contributed by atoms with Crippen LogP contribution >= 0.6 is 0 Å². The SMILES string of the molecule is COC(OC)C(=O)c1cncc(C)c1. The number of carbonyl (C=O) groups excluding carboxylic acids is 1. The number of hydrogen-bond acceptors (Lipinski definition) is 4. The van der Waals surface area contributed by atoms with Gasteiger partial charge in [-0.1, -0.05) is 0 Å². The van der Waals surface area contributed by atoms with Gasteiger partial charge < -0.3 is 9.47 Å². The maximum absolute atomic E-state index is 11.7. The number of nitrogens with zero attached hydrogens (tertiary/aromatic N) is 1. The second-order valence-corrected chi connectivity index (χ2v) is 2.92. The maximum Gasteiger partial charge on any atom is 0.222 e. The molecule has 0 aliphatic rings. The molecular formula is C10H13NO3. The molecule has 1 heterocycles. The Morgan fingerprint density at radius 1 is 1.36 bits per heavy atom. The lowest BCUT2D eigenvalue weighted by Crippen LogP contribution is -2.25. The molecule has 0 N–H and O–H groups in total. The van der Waals surface area contributed by atoms with Gasteiger partial charge in [-0.05, 0) is 18.6 Å². The average Bonchev–Trinajstić information content (AvgIpc) is 2.19. The van der Waals surface area contributed by atoms with Crippen LogP contribution in [0.2, 0.25) is 0 Å². The minimum Gasteiger partial charge on any atom is -0.349 e. The van der Waals surface area contributed by atoms with Gasteiger partial charge in [0, 0.05) is 32.2 Å². The van der Waals surface area contributed by atoms with Crippen LogP contribution in [-0.4, -0.2) is 31.3 Å². The smallest absolute Gasteiger partial charge is 0.222 e. The number of rotatable bonds is 4. The lowest BCUT2D eigenvalue weighted by molar-refractivity contribution is -0.0742. The minimum absolute atomic E-state index is 0.216. The molecule has 0 aliphatic carbocycles. The van der Waals surface area contributed by atoms with Gasteiger partial charge >= 0.3 is 0 Å². The molecule has 0 spiro atoms. The van der Waals surface area contributed by atoms with E-state index < -0.39 is 6.29 Å². The van der Waals surface area contributed by atoms with Crippen LogP contribution < -0.4 is 0 Å². The first kappa shape index (κ1) is 10.8. The summed E-state index contributed by atoms with van der Waals surface area (Å²) in [5.41, 5.74) is 1.43. The van der Waals surface area contributed by atoms with Gasteiger partial charge in [0.25, 0.3) is 0 Å². The monoisotopic (exact) mass is 195 g/mol. The fourth-order valence-corrected chi connectivity index (χ4v) is 1.14. The molecule has 76 valence electrons. The zero-order chi connectivity index (χ0) is 10.6. The standard InChI is InChI=1S/C10H13NO3/c1-7-4-8(6-11-5-7)9(12)10(13-2)14-3/h4-6,10H,1-3H3. The highest BCUT2D eigenvalue weighted by Crippen LogP contribution is 2.07. The molecule has 4 heteroatoms. The van der Waals surface area contributed by atoms with E-state index >= 15 is 0 Å². The highest BCUT2D eigenvalue weighted by Gasteiger charge is 2.18. The van der Waals surface area contributed by atoms with Crippen LogP contribution in [-0.2, 0) is 9.47 Å². The quantitative estimate of drug-likeness (QED) is 0.535. The second kappa shape index (κ2) is 4.83. The molecule has 0 saturated carbocycles. The summed E-state index contributed by atoms with van der Waals surface area (Å²) in [4.78, 5) is 15.6. The topological polar surface area (TPSA) is 48.4 Å². The summed E-state index contributed by atoms with van der Waals surface area (Å²) in [6.45, 7) is 1.87. The Morgan fingerprint density at radius 3 is 2.50 bits per heavy atom. The van der Waals surface area contributed by atoms with Crippen molar-refractivity contribution in [2.45, 2.75) is 13.2 Å². The van der Waals surface area contributed by atoms with Crippen molar-refractivity contribution in [1.29, 1.82) is 0 Å². The van der Waals surface area contributed by atoms with E-state index in [1.165, 1.54) is 20.4 Å². The van der Waals surface area contributed by atoms with Gasteiger partial charge in [0.15, 0.2) is 0 Å². The Balaban J connectivity index is 2.88. The number of aromatic nitrogens is 1. The van der Waals surface area contributed by atoms with E-state index in [9.17, 15) is 4.79 Å². The van der Waals surface area contributed by atoms with Gasteiger partial charge in [-0.3, -0.25) is 9.78 Å². The lowest BCUT2D eigenvalue weighted by atomic mass is 10.1. The van der Waals surface area contributed by atoms with Crippen LogP contribution in [0.5, 0.6) is 0 Å². The Hall–Kier alpha value is -1.26. The number of methoxy groups -OCH3 is 2. The Labute approximate surface area is 82.9 Å². The first-order valence-electron chi connectivity index (χ1n) is 4.20. The minimum atomic E-state index is -0.849. The van der Waals surface area contributed by atoms with Crippen molar-refractivity contribution in [1.82, 2.24) is 4.98 Å². The van der Waals surface area contributed by atoms with Crippen LogP contribution in [0, 0.1) is 6.92 Å². The predicted molar refractivity (Wildman–Crippen MR) is 51.1 cm³/mol. The molecule has 0 fully saturated rings. The summed E-state index contributed by atoms with van der Waals surface area (Å²) in [6, 6.07) is 1.75. The van der Waals surface area contributed by atoms with E-state index in [0.29, 0.717) is 5.56 Å². The Morgan fingerprint density at radius 2 is 2.00 bits per heavy atom. The molecule has 0 radical (unpaired) electrons. The molecule has 1 rings (SSSR count). The number of carbonyl (C=O) groups is 1. The van der Waals surface area contributed by atoms with Crippen molar-refractivity contribution < 1.29 is 14.3 Å². The van der Waals surface area contributed by atoms with Crippen LogP contribution in [0.4, 0.5) is 0 Å². The van der Waals surface area contributed by atoms with Gasteiger partial charge in [0.2, 0.25) is 12.1 Å². The summed E-state index contributed by atoms with van der Waals surface area (Å²) in [6.07, 6.45) is 2.34. The third-order valence-corrected chi connectivity index (χ3v) is 1.80. The average molecular weight is 195 g/mol. The number of ether oxygens (including phenoxy) is 2. The van der Waals surface area contributed by atoms with Gasteiger partial charge in [-0.2, -0.15) is 0 Å². The molecular weight excluding hydrogens is 182 g/mol. The molecule has 1 aromatic rings. The molecule has 0 aromatic carbocycles. The van der Waals surface area contributed by atoms with E-state index in [1.807, 2.05) is 6.92 Å². The molecule has 0 amide bonds. The molecule has 0 bridgehead atoms. The molecule has 0 saturated heterocycles. The van der Waals surface area contributed by atoms with Crippen molar-refractivity contribution in [3.63, 3.8) is 0 Å². The highest BCUT2D eigenvalue weighted by molar-refractivity contribution is 5.98. The van der Waals surface area contributed by atoms with Gasteiger partial charge in [-0.25, -0.2) is 0 Å². The largest absolute Gasteiger partial charge is 0.349 e. The number of pyridine rings is 1. The van der Waals surface area contributed by atoms with Crippen LogP contribution in [0.25, 0.3) is 0 Å². The number of hydrogen-bond donors (Lipinski definition) is 0. The molecule has 4 nitrogen and oxygen atoms in total. The summed E-state index contributed by atoms with van der Waals surface area (Å²) >= 11 is 0. The zero-order valence-corrected chi connectivity index (χ0v) is 8.48. The van der Waals surface area contributed by atoms with Crippen molar-refractivity contribution in [2.24, 2.45) is 0 Å². The Bertz CT molecular complexity index is 321. The van der Waals surface area contributed by atoms with Crippen LogP contribution in [0.1, 0.15) is 15.9 Å². The number of aryl methyl sites for hydroxylation is 1. The summed E-state index contributed by atoms with van der Waals surface area (Å²) in [7, 11) is 2.85. The van der Waals surface area contributed by atoms with Gasteiger partial charge in [-0.15, -0.1) is 0 Å². The van der Waals surface area contributed by atoms with Crippen molar-refractivity contribution in [2.75, 3.05) is 14.2 Å². The van der Waals surface area contributed by atoms with E-state index in [1.54, 1.807) is 12.3 Å². The molecule has 0 atom stereocenters. The van der Waals surface area contributed by atoms with E-state index in [2.05, 4.69) is 4.98 Å². The first-order chi connectivity index (χ1) is 6.69. The van der Waals surface area contributed by atoms with Crippen LogP contribution in [0.3, 0.4) is 0 Å². The van der Waals surface area contributed by atoms with Crippen molar-refractivity contribution >= 4 is 5.78 Å². The molecule has 14 heavy (non-hydrogen) atoms. The van der Waals surface area contributed by atoms with E-state index in [0.717, 1.165) is 5.56 Å². The summed E-state index contributed by atoms with van der Waals surface area (Å²) in [5.74, 6) is -0.216. The summed E-state index contributed by atoms with van der Waals surface area (Å²) < 4.78 is 9.71. The summed E-state index contributed by atoms with van der Waals surface area (Å²) in [5, 5.41) is 0. The zero-order valence-electron chi connectivity index (χ0n) is 8.48. The molecule has 0 aliphatic heterocycles. The van der Waals surface area contributed by atoms with Crippen molar-refractivity contribution in [3.8, 4) is 0 Å². The number of Topliss-reactive ketones (excluding diaryl/α,β-unsaturated/α-hetero) is 1. The van der Waals surface area contributed by atoms with Crippen molar-refractivity contribution in [3.05, 3.63) is 29.6 Å². The highest BCUT2D eigenvalue weighted by atomic mass is 16.7. The maximum atomic E-state index is 11.7. The fourth-order valence-electron chi connectivity index (χ4n) is 1.14. The predicted octanol–water partition coefficient (Wildman–Crippen LogP) is 1.19.